The first-order valence-corrected chi connectivity index (χ1v) is 7.23. The Morgan fingerprint density at radius 1 is 1.22 bits per heavy atom. The summed E-state index contributed by atoms with van der Waals surface area (Å²) in [5, 5.41) is 10.6. The van der Waals surface area contributed by atoms with E-state index in [0.717, 1.165) is 0 Å². The van der Waals surface area contributed by atoms with E-state index >= 15 is 0 Å². The van der Waals surface area contributed by atoms with E-state index in [9.17, 15) is 10.1 Å². The summed E-state index contributed by atoms with van der Waals surface area (Å²) in [6.45, 7) is 1.37. The summed E-state index contributed by atoms with van der Waals surface area (Å²) in [6, 6.07) is 2.79. The molecule has 0 saturated heterocycles. The van der Waals surface area contributed by atoms with Crippen molar-refractivity contribution in [2.75, 3.05) is 25.6 Å². The van der Waals surface area contributed by atoms with E-state index in [1.165, 1.54) is 12.1 Å². The molecule has 18 heavy (non-hydrogen) atoms. The van der Waals surface area contributed by atoms with Crippen molar-refractivity contribution in [3.63, 3.8) is 0 Å². The molecule has 0 aliphatic carbocycles. The molecule has 0 saturated carbocycles. The molecule has 100 valence electrons. The highest BCUT2D eigenvalue weighted by Gasteiger charge is 2.14. The lowest BCUT2D eigenvalue weighted by atomic mass is 10.3. The van der Waals surface area contributed by atoms with Gasteiger partial charge in [-0.3, -0.25) is 10.1 Å². The Morgan fingerprint density at radius 3 is 2.33 bits per heavy atom. The maximum Gasteiger partial charge on any atom is 0.271 e. The van der Waals surface area contributed by atoms with E-state index in [-0.39, 0.29) is 5.69 Å². The molecule has 0 radical (unpaired) electrons. The molecule has 0 aromatic heterocycles. The van der Waals surface area contributed by atoms with Crippen molar-refractivity contribution in [2.24, 2.45) is 0 Å². The first-order valence-electron chi connectivity index (χ1n) is 5.01. The van der Waals surface area contributed by atoms with Gasteiger partial charge in [0.05, 0.1) is 27.1 Å². The Labute approximate surface area is 127 Å². The van der Waals surface area contributed by atoms with Crippen molar-refractivity contribution in [3.8, 4) is 5.75 Å². The van der Waals surface area contributed by atoms with Crippen molar-refractivity contribution in [1.82, 2.24) is 0 Å². The number of hydrogen-bond acceptors (Lipinski definition) is 5. The van der Waals surface area contributed by atoms with Crippen LogP contribution in [0.2, 0.25) is 0 Å². The SMILES string of the molecule is O=[N+]([O-])c1cc(Br)c(OCCOCCS)c(Br)c1. The van der Waals surface area contributed by atoms with Crippen LogP contribution >= 0.6 is 44.5 Å². The summed E-state index contributed by atoms with van der Waals surface area (Å²) in [5.74, 6) is 1.18. The fourth-order valence-corrected chi connectivity index (χ4v) is 2.68. The van der Waals surface area contributed by atoms with Crippen LogP contribution < -0.4 is 4.74 Å². The van der Waals surface area contributed by atoms with Crippen LogP contribution in [-0.4, -0.2) is 30.5 Å². The first-order chi connectivity index (χ1) is 8.56. The smallest absolute Gasteiger partial charge is 0.271 e. The van der Waals surface area contributed by atoms with Crippen molar-refractivity contribution >= 4 is 50.2 Å². The van der Waals surface area contributed by atoms with E-state index in [0.29, 0.717) is 40.3 Å². The zero-order valence-corrected chi connectivity index (χ0v) is 13.3. The van der Waals surface area contributed by atoms with E-state index < -0.39 is 4.92 Å². The van der Waals surface area contributed by atoms with Gasteiger partial charge in [-0.05, 0) is 31.9 Å². The third kappa shape index (κ3) is 4.75. The molecule has 0 fully saturated rings. The fraction of sp³-hybridized carbons (Fsp3) is 0.400. The average Bonchev–Trinajstić information content (AvgIpc) is 2.31. The zero-order chi connectivity index (χ0) is 13.5. The number of halogens is 2. The normalized spacial score (nSPS) is 10.4. The molecule has 0 aliphatic rings. The van der Waals surface area contributed by atoms with Crippen LogP contribution in [0.1, 0.15) is 0 Å². The molecule has 1 rings (SSSR count). The largest absolute Gasteiger partial charge is 0.489 e. The zero-order valence-electron chi connectivity index (χ0n) is 9.27. The third-order valence-electron chi connectivity index (χ3n) is 1.90. The van der Waals surface area contributed by atoms with Gasteiger partial charge in [-0.2, -0.15) is 12.6 Å². The second-order valence-electron chi connectivity index (χ2n) is 3.18. The van der Waals surface area contributed by atoms with Gasteiger partial charge < -0.3 is 9.47 Å². The Balaban J connectivity index is 2.63. The van der Waals surface area contributed by atoms with Crippen molar-refractivity contribution < 1.29 is 14.4 Å². The number of ether oxygens (including phenoxy) is 2. The minimum Gasteiger partial charge on any atom is -0.489 e. The lowest BCUT2D eigenvalue weighted by Crippen LogP contribution is -2.08. The summed E-state index contributed by atoms with van der Waals surface area (Å²) >= 11 is 10.5. The van der Waals surface area contributed by atoms with Crippen LogP contribution in [0, 0.1) is 10.1 Å². The van der Waals surface area contributed by atoms with Crippen molar-refractivity contribution in [3.05, 3.63) is 31.2 Å². The van der Waals surface area contributed by atoms with Gasteiger partial charge in [-0.25, -0.2) is 0 Å². The number of nitro benzene ring substituents is 1. The van der Waals surface area contributed by atoms with Crippen molar-refractivity contribution in [2.45, 2.75) is 0 Å². The van der Waals surface area contributed by atoms with Gasteiger partial charge in [0.2, 0.25) is 0 Å². The number of nitrogens with zero attached hydrogens (tertiary/aromatic N) is 1. The monoisotopic (exact) mass is 399 g/mol. The minimum absolute atomic E-state index is 0.00701. The number of rotatable bonds is 7. The molecule has 0 aliphatic heterocycles. The molecular weight excluding hydrogens is 390 g/mol. The van der Waals surface area contributed by atoms with E-state index in [1.54, 1.807) is 0 Å². The topological polar surface area (TPSA) is 61.6 Å². The van der Waals surface area contributed by atoms with Crippen LogP contribution in [0.5, 0.6) is 5.75 Å². The van der Waals surface area contributed by atoms with E-state index in [4.69, 9.17) is 9.47 Å². The molecule has 1 aromatic carbocycles. The van der Waals surface area contributed by atoms with Gasteiger partial charge in [0.1, 0.15) is 12.4 Å². The lowest BCUT2D eigenvalue weighted by molar-refractivity contribution is -0.385. The van der Waals surface area contributed by atoms with Crippen LogP contribution in [0.4, 0.5) is 5.69 Å². The molecule has 0 unspecified atom stereocenters. The molecule has 0 atom stereocenters. The summed E-state index contributed by atoms with van der Waals surface area (Å²) in [7, 11) is 0. The number of non-ortho nitro benzene ring substituents is 1. The van der Waals surface area contributed by atoms with Crippen molar-refractivity contribution in [1.29, 1.82) is 0 Å². The van der Waals surface area contributed by atoms with Gasteiger partial charge in [-0.15, -0.1) is 0 Å². The summed E-state index contributed by atoms with van der Waals surface area (Å²) in [4.78, 5) is 10.2. The average molecular weight is 401 g/mol. The lowest BCUT2D eigenvalue weighted by Gasteiger charge is -2.10. The molecule has 0 amide bonds. The highest BCUT2D eigenvalue weighted by Crippen LogP contribution is 2.37. The Morgan fingerprint density at radius 2 is 1.83 bits per heavy atom. The minimum atomic E-state index is -0.463. The number of benzene rings is 1. The maximum atomic E-state index is 10.6. The molecule has 0 heterocycles. The first kappa shape index (κ1) is 15.7. The summed E-state index contributed by atoms with van der Waals surface area (Å²) in [6.07, 6.45) is 0. The Bertz CT molecular complexity index is 407. The van der Waals surface area contributed by atoms with Gasteiger partial charge in [0.25, 0.3) is 5.69 Å². The van der Waals surface area contributed by atoms with Crippen LogP contribution in [0.25, 0.3) is 0 Å². The fourth-order valence-electron chi connectivity index (χ4n) is 1.16. The predicted molar refractivity (Wildman–Crippen MR) is 78.7 cm³/mol. The predicted octanol–water partition coefficient (Wildman–Crippen LogP) is 3.45. The van der Waals surface area contributed by atoms with Crippen LogP contribution in [0.3, 0.4) is 0 Å². The summed E-state index contributed by atoms with van der Waals surface area (Å²) in [5.41, 5.74) is -0.00701. The second-order valence-corrected chi connectivity index (χ2v) is 5.34. The second kappa shape index (κ2) is 7.98. The van der Waals surface area contributed by atoms with E-state index in [2.05, 4.69) is 44.5 Å². The van der Waals surface area contributed by atoms with E-state index in [1.807, 2.05) is 0 Å². The molecular formula is C10H11Br2NO4S. The van der Waals surface area contributed by atoms with Crippen LogP contribution in [-0.2, 0) is 4.74 Å². The molecule has 0 bridgehead atoms. The maximum absolute atomic E-state index is 10.6. The van der Waals surface area contributed by atoms with Gasteiger partial charge in [-0.1, -0.05) is 0 Å². The Kier molecular flexibility index (Phi) is 6.98. The third-order valence-corrected chi connectivity index (χ3v) is 3.26. The molecule has 8 heteroatoms. The summed E-state index contributed by atoms with van der Waals surface area (Å²) < 4.78 is 11.7. The highest BCUT2D eigenvalue weighted by molar-refractivity contribution is 9.11. The number of hydrogen-bond donors (Lipinski definition) is 1. The highest BCUT2D eigenvalue weighted by atomic mass is 79.9. The van der Waals surface area contributed by atoms with Gasteiger partial charge in [0, 0.05) is 17.9 Å². The molecule has 0 N–H and O–H groups in total. The number of thiol groups is 1. The van der Waals surface area contributed by atoms with Crippen LogP contribution in [0.15, 0.2) is 21.1 Å². The number of nitro groups is 1. The molecule has 1 aromatic rings. The molecule has 0 spiro atoms. The Hall–Kier alpha value is -0.310. The quantitative estimate of drug-likeness (QED) is 0.329. The standard InChI is InChI=1S/C10H11Br2NO4S/c11-8-5-7(13(14)15)6-9(12)10(8)17-2-1-16-3-4-18/h5-6,18H,1-4H2. The molecule has 5 nitrogen and oxygen atoms in total. The van der Waals surface area contributed by atoms with Gasteiger partial charge >= 0.3 is 0 Å². The van der Waals surface area contributed by atoms with Gasteiger partial charge in [0.15, 0.2) is 0 Å².